The Kier molecular flexibility index (Phi) is 5.56. The van der Waals surface area contributed by atoms with Crippen molar-refractivity contribution in [2.75, 3.05) is 6.54 Å². The van der Waals surface area contributed by atoms with E-state index in [0.717, 1.165) is 24.9 Å². The minimum atomic E-state index is -0.362. The summed E-state index contributed by atoms with van der Waals surface area (Å²) >= 11 is 0. The van der Waals surface area contributed by atoms with Crippen LogP contribution in [0.15, 0.2) is 30.3 Å². The maximum Gasteiger partial charge on any atom is 0.234 e. The van der Waals surface area contributed by atoms with Gasteiger partial charge in [0, 0.05) is 0 Å². The van der Waals surface area contributed by atoms with Crippen molar-refractivity contribution in [3.8, 4) is 0 Å². The van der Waals surface area contributed by atoms with Crippen molar-refractivity contribution >= 4 is 5.91 Å². The van der Waals surface area contributed by atoms with Crippen LogP contribution in [0.25, 0.3) is 0 Å². The number of carbonyl (C=O) groups excluding carboxylic acids is 1. The van der Waals surface area contributed by atoms with Gasteiger partial charge in [-0.25, -0.2) is 0 Å². The van der Waals surface area contributed by atoms with Gasteiger partial charge in [-0.15, -0.1) is 0 Å². The molecule has 0 spiro atoms. The smallest absolute Gasteiger partial charge is 0.234 e. The summed E-state index contributed by atoms with van der Waals surface area (Å²) in [5.74, 6) is 0.0760. The molecule has 0 aromatic heterocycles. The molecule has 3 atom stereocenters. The van der Waals surface area contributed by atoms with Crippen molar-refractivity contribution < 1.29 is 9.90 Å². The van der Waals surface area contributed by atoms with Gasteiger partial charge in [-0.3, -0.25) is 4.79 Å². The monoisotopic (exact) mass is 275 g/mol. The third-order valence-corrected chi connectivity index (χ3v) is 3.84. The van der Waals surface area contributed by atoms with Gasteiger partial charge >= 0.3 is 0 Å². The highest BCUT2D eigenvalue weighted by Crippen LogP contribution is 2.22. The fourth-order valence-electron chi connectivity index (χ4n) is 2.70. The van der Waals surface area contributed by atoms with Gasteiger partial charge < -0.3 is 16.2 Å². The Hall–Kier alpha value is -1.39. The number of aliphatic hydroxyl groups excluding tert-OH is 1. The van der Waals surface area contributed by atoms with Gasteiger partial charge in [0.05, 0.1) is 12.1 Å². The molecule has 1 fully saturated rings. The molecule has 2 rings (SSSR count). The zero-order valence-electron chi connectivity index (χ0n) is 11.7. The Morgan fingerprint density at radius 2 is 2.20 bits per heavy atom. The minimum Gasteiger partial charge on any atom is -0.393 e. The number of primary amides is 1. The number of rotatable bonds is 6. The molecule has 0 aliphatic carbocycles. The largest absolute Gasteiger partial charge is 0.393 e. The van der Waals surface area contributed by atoms with E-state index in [1.54, 1.807) is 0 Å². The number of piperidine rings is 1. The third kappa shape index (κ3) is 4.62. The molecule has 1 aliphatic rings. The first-order chi connectivity index (χ1) is 9.65. The van der Waals surface area contributed by atoms with E-state index in [2.05, 4.69) is 11.7 Å². The van der Waals surface area contributed by atoms with Gasteiger partial charge in [-0.2, -0.15) is 0 Å². The van der Waals surface area contributed by atoms with Gasteiger partial charge in [0.25, 0.3) is 0 Å². The first kappa shape index (κ1) is 15.0. The van der Waals surface area contributed by atoms with Crippen LogP contribution in [0.5, 0.6) is 0 Å². The highest BCUT2D eigenvalue weighted by atomic mass is 16.3. The maximum absolute atomic E-state index is 11.2. The fraction of sp³-hybridized carbons (Fsp3) is 0.500. The number of nitrogens with one attached hydrogen (secondary N) is 1. The quantitative estimate of drug-likeness (QED) is 0.726. The van der Waals surface area contributed by atoms with Gasteiger partial charge in [-0.05, 0) is 50.1 Å². The molecule has 1 aromatic carbocycles. The molecular formula is C16H23N2O2. The molecule has 4 N–H and O–H groups in total. The summed E-state index contributed by atoms with van der Waals surface area (Å²) in [6.45, 7) is 0.809. The predicted molar refractivity (Wildman–Crippen MR) is 78.8 cm³/mol. The second-order valence-electron chi connectivity index (χ2n) is 5.51. The van der Waals surface area contributed by atoms with Crippen LogP contribution in [0.1, 0.15) is 24.8 Å². The van der Waals surface area contributed by atoms with Crippen molar-refractivity contribution in [2.45, 2.75) is 37.8 Å². The summed E-state index contributed by atoms with van der Waals surface area (Å²) in [5.41, 5.74) is 6.47. The third-order valence-electron chi connectivity index (χ3n) is 3.84. The van der Waals surface area contributed by atoms with Crippen molar-refractivity contribution in [1.82, 2.24) is 5.32 Å². The minimum absolute atomic E-state index is 0.226. The van der Waals surface area contributed by atoms with Gasteiger partial charge in [0.15, 0.2) is 0 Å². The van der Waals surface area contributed by atoms with Crippen molar-refractivity contribution in [3.63, 3.8) is 0 Å². The Balaban J connectivity index is 1.73. The van der Waals surface area contributed by atoms with Crippen LogP contribution in [0.4, 0.5) is 0 Å². The van der Waals surface area contributed by atoms with E-state index in [9.17, 15) is 9.90 Å². The Labute approximate surface area is 120 Å². The molecule has 1 radical (unpaired) electrons. The topological polar surface area (TPSA) is 75.4 Å². The summed E-state index contributed by atoms with van der Waals surface area (Å²) in [7, 11) is 0. The number of amides is 1. The molecule has 1 saturated heterocycles. The molecule has 1 amide bonds. The summed E-state index contributed by atoms with van der Waals surface area (Å²) in [5, 5.41) is 13.2. The van der Waals surface area contributed by atoms with Crippen LogP contribution in [0.3, 0.4) is 0 Å². The average molecular weight is 275 g/mol. The number of hydrogen-bond acceptors (Lipinski definition) is 3. The molecule has 109 valence electrons. The first-order valence-corrected chi connectivity index (χ1v) is 7.23. The fourth-order valence-corrected chi connectivity index (χ4v) is 2.70. The SMILES string of the molecule is NC(=O)C1CC([CH]CC(O)Cc2ccccc2)CCN1. The average Bonchev–Trinajstić information content (AvgIpc) is 2.46. The molecule has 0 saturated carbocycles. The highest BCUT2D eigenvalue weighted by Gasteiger charge is 2.25. The second-order valence-corrected chi connectivity index (χ2v) is 5.51. The number of carbonyl (C=O) groups is 1. The molecular weight excluding hydrogens is 252 g/mol. The Morgan fingerprint density at radius 3 is 2.90 bits per heavy atom. The molecule has 1 aromatic rings. The van der Waals surface area contributed by atoms with E-state index < -0.39 is 0 Å². The molecule has 4 nitrogen and oxygen atoms in total. The summed E-state index contributed by atoms with van der Waals surface area (Å²) in [6.07, 6.45) is 4.85. The number of hydrogen-bond donors (Lipinski definition) is 3. The maximum atomic E-state index is 11.2. The van der Waals surface area contributed by atoms with E-state index in [1.165, 1.54) is 0 Å². The number of benzene rings is 1. The lowest BCUT2D eigenvalue weighted by atomic mass is 9.87. The summed E-state index contributed by atoms with van der Waals surface area (Å²) in [4.78, 5) is 11.2. The molecule has 4 heteroatoms. The van der Waals surface area contributed by atoms with Crippen molar-refractivity contribution in [3.05, 3.63) is 42.3 Å². The summed E-state index contributed by atoms with van der Waals surface area (Å²) < 4.78 is 0. The van der Waals surface area contributed by atoms with E-state index in [-0.39, 0.29) is 18.1 Å². The Bertz CT molecular complexity index is 422. The lowest BCUT2D eigenvalue weighted by Gasteiger charge is -2.28. The molecule has 1 heterocycles. The van der Waals surface area contributed by atoms with Crippen molar-refractivity contribution in [2.24, 2.45) is 11.7 Å². The lowest BCUT2D eigenvalue weighted by molar-refractivity contribution is -0.120. The zero-order valence-corrected chi connectivity index (χ0v) is 11.7. The van der Waals surface area contributed by atoms with Gasteiger partial charge in [0.1, 0.15) is 0 Å². The molecule has 0 bridgehead atoms. The normalized spacial score (nSPS) is 24.2. The van der Waals surface area contributed by atoms with Crippen LogP contribution in [-0.2, 0) is 11.2 Å². The lowest BCUT2D eigenvalue weighted by Crippen LogP contribution is -2.46. The van der Waals surface area contributed by atoms with Crippen LogP contribution in [0.2, 0.25) is 0 Å². The Morgan fingerprint density at radius 1 is 1.45 bits per heavy atom. The van der Waals surface area contributed by atoms with E-state index in [0.29, 0.717) is 18.8 Å². The number of nitrogens with two attached hydrogens (primary N) is 1. The predicted octanol–water partition coefficient (Wildman–Crippen LogP) is 1.04. The van der Waals surface area contributed by atoms with Gasteiger partial charge in [0.2, 0.25) is 5.91 Å². The van der Waals surface area contributed by atoms with Gasteiger partial charge in [-0.1, -0.05) is 30.3 Å². The zero-order chi connectivity index (χ0) is 14.4. The van der Waals surface area contributed by atoms with Crippen molar-refractivity contribution in [1.29, 1.82) is 0 Å². The molecule has 1 aliphatic heterocycles. The molecule has 3 unspecified atom stereocenters. The van der Waals surface area contributed by atoms with Crippen LogP contribution in [0, 0.1) is 12.3 Å². The van der Waals surface area contributed by atoms with E-state index >= 15 is 0 Å². The summed E-state index contributed by atoms with van der Waals surface area (Å²) in [6, 6.07) is 9.76. The van der Waals surface area contributed by atoms with Crippen LogP contribution >= 0.6 is 0 Å². The second kappa shape index (κ2) is 7.41. The highest BCUT2D eigenvalue weighted by molar-refractivity contribution is 5.79. The van der Waals surface area contributed by atoms with Crippen LogP contribution in [-0.4, -0.2) is 29.7 Å². The number of aliphatic hydroxyl groups is 1. The standard InChI is InChI=1S/C16H23N2O2/c17-16(20)15-11-13(8-9-18-15)6-7-14(19)10-12-4-2-1-3-5-12/h1-6,13-15,18-19H,7-11H2,(H2,17,20). The van der Waals surface area contributed by atoms with E-state index in [1.807, 2.05) is 30.3 Å². The molecule has 20 heavy (non-hydrogen) atoms. The van der Waals surface area contributed by atoms with Crippen LogP contribution < -0.4 is 11.1 Å². The first-order valence-electron chi connectivity index (χ1n) is 7.23. The van der Waals surface area contributed by atoms with E-state index in [4.69, 9.17) is 5.73 Å².